The van der Waals surface area contributed by atoms with Gasteiger partial charge in [0.15, 0.2) is 5.96 Å². The minimum absolute atomic E-state index is 0. The Hall–Kier alpha value is -0.960. The fourth-order valence-corrected chi connectivity index (χ4v) is 2.22. The number of halogens is 1. The van der Waals surface area contributed by atoms with Gasteiger partial charge in [0, 0.05) is 32.3 Å². The molecule has 0 radical (unpaired) electrons. The van der Waals surface area contributed by atoms with E-state index in [2.05, 4.69) is 31.8 Å². The Kier molecular flexibility index (Phi) is 8.51. The van der Waals surface area contributed by atoms with Gasteiger partial charge in [-0.15, -0.1) is 24.0 Å². The molecule has 5 nitrogen and oxygen atoms in total. The van der Waals surface area contributed by atoms with Crippen molar-refractivity contribution in [1.82, 2.24) is 20.6 Å². The second-order valence-corrected chi connectivity index (χ2v) is 5.35. The van der Waals surface area contributed by atoms with Gasteiger partial charge in [-0.3, -0.25) is 4.99 Å². The van der Waals surface area contributed by atoms with Crippen LogP contribution in [0.1, 0.15) is 5.82 Å². The van der Waals surface area contributed by atoms with Crippen LogP contribution in [-0.4, -0.2) is 48.1 Å². The maximum absolute atomic E-state index is 4.55. The fraction of sp³-hybridized carbons (Fsp3) is 0.429. The van der Waals surface area contributed by atoms with Crippen LogP contribution >= 0.6 is 35.7 Å². The molecule has 21 heavy (non-hydrogen) atoms. The van der Waals surface area contributed by atoms with Crippen molar-refractivity contribution >= 4 is 52.7 Å². The van der Waals surface area contributed by atoms with Crippen LogP contribution in [0.25, 0.3) is 11.0 Å². The molecule has 1 aromatic heterocycles. The predicted molar refractivity (Wildman–Crippen MR) is 103 cm³/mol. The molecular formula is C14H22IN5S. The van der Waals surface area contributed by atoms with Crippen molar-refractivity contribution in [3.63, 3.8) is 0 Å². The van der Waals surface area contributed by atoms with Crippen molar-refractivity contribution < 1.29 is 0 Å². The molecule has 0 saturated heterocycles. The number of hydrogen-bond donors (Lipinski definition) is 3. The van der Waals surface area contributed by atoms with Crippen molar-refractivity contribution in [2.24, 2.45) is 4.99 Å². The molecule has 0 spiro atoms. The number of para-hydroxylation sites is 2. The van der Waals surface area contributed by atoms with E-state index in [4.69, 9.17) is 0 Å². The molecule has 0 bridgehead atoms. The van der Waals surface area contributed by atoms with Crippen LogP contribution in [-0.2, 0) is 6.42 Å². The summed E-state index contributed by atoms with van der Waals surface area (Å²) in [5, 5.41) is 6.56. The molecule has 2 rings (SSSR count). The average Bonchev–Trinajstić information content (AvgIpc) is 2.88. The number of hydrogen-bond acceptors (Lipinski definition) is 3. The number of benzene rings is 1. The highest BCUT2D eigenvalue weighted by Crippen LogP contribution is 2.10. The summed E-state index contributed by atoms with van der Waals surface area (Å²) in [5.74, 6) is 2.91. The minimum Gasteiger partial charge on any atom is -0.356 e. The number of nitrogens with zero attached hydrogens (tertiary/aromatic N) is 2. The second kappa shape index (κ2) is 9.88. The zero-order valence-corrected chi connectivity index (χ0v) is 15.5. The molecule has 0 aliphatic heterocycles. The van der Waals surface area contributed by atoms with Crippen molar-refractivity contribution in [3.05, 3.63) is 30.1 Å². The number of rotatable bonds is 6. The van der Waals surface area contributed by atoms with Crippen molar-refractivity contribution in [3.8, 4) is 0 Å². The Morgan fingerprint density at radius 1 is 1.29 bits per heavy atom. The summed E-state index contributed by atoms with van der Waals surface area (Å²) in [5.41, 5.74) is 2.11. The zero-order valence-electron chi connectivity index (χ0n) is 12.3. The topological polar surface area (TPSA) is 65.1 Å². The predicted octanol–water partition coefficient (Wildman–Crippen LogP) is 2.25. The third-order valence-corrected chi connectivity index (χ3v) is 3.53. The summed E-state index contributed by atoms with van der Waals surface area (Å²) in [6.07, 6.45) is 2.94. The lowest BCUT2D eigenvalue weighted by atomic mass is 10.3. The standard InChI is InChI=1S/C14H21N5S.HI/c1-15-14(17-9-10-20-2)16-8-7-13-18-11-5-3-4-6-12(11)19-13;/h3-6H,7-10H2,1-2H3,(H,18,19)(H2,15,16,17);1H. The number of nitrogens with one attached hydrogen (secondary N) is 3. The number of thioether (sulfide) groups is 1. The monoisotopic (exact) mass is 419 g/mol. The van der Waals surface area contributed by atoms with E-state index in [1.165, 1.54) is 0 Å². The highest BCUT2D eigenvalue weighted by atomic mass is 127. The van der Waals surface area contributed by atoms with Crippen LogP contribution < -0.4 is 10.6 Å². The molecule has 0 aliphatic rings. The first-order valence-electron chi connectivity index (χ1n) is 6.70. The number of H-pyrrole nitrogens is 1. The third kappa shape index (κ3) is 5.74. The van der Waals surface area contributed by atoms with Gasteiger partial charge in [0.05, 0.1) is 11.0 Å². The molecule has 0 saturated carbocycles. The van der Waals surface area contributed by atoms with Gasteiger partial charge >= 0.3 is 0 Å². The van der Waals surface area contributed by atoms with E-state index in [1.54, 1.807) is 7.05 Å². The van der Waals surface area contributed by atoms with Gasteiger partial charge in [-0.2, -0.15) is 11.8 Å². The molecule has 0 unspecified atom stereocenters. The highest BCUT2D eigenvalue weighted by Gasteiger charge is 2.02. The van der Waals surface area contributed by atoms with Crippen LogP contribution in [0.2, 0.25) is 0 Å². The van der Waals surface area contributed by atoms with Gasteiger partial charge in [-0.05, 0) is 18.4 Å². The number of aliphatic imine (C=N–C) groups is 1. The Morgan fingerprint density at radius 3 is 2.76 bits per heavy atom. The van der Waals surface area contributed by atoms with Gasteiger partial charge in [-0.1, -0.05) is 12.1 Å². The summed E-state index contributed by atoms with van der Waals surface area (Å²) < 4.78 is 0. The first-order chi connectivity index (χ1) is 9.83. The van der Waals surface area contributed by atoms with Crippen LogP contribution in [0.5, 0.6) is 0 Å². The summed E-state index contributed by atoms with van der Waals surface area (Å²) in [4.78, 5) is 12.1. The first kappa shape index (κ1) is 18.1. The van der Waals surface area contributed by atoms with Gasteiger partial charge in [-0.25, -0.2) is 4.98 Å². The first-order valence-corrected chi connectivity index (χ1v) is 8.10. The molecule has 1 aromatic carbocycles. The SMILES string of the molecule is CN=C(NCCSC)NCCc1nc2ccccc2[nH]1.I. The lowest BCUT2D eigenvalue weighted by Gasteiger charge is -2.10. The molecular weight excluding hydrogens is 397 g/mol. The lowest BCUT2D eigenvalue weighted by molar-refractivity contribution is 0.789. The molecule has 3 N–H and O–H groups in total. The normalized spacial score (nSPS) is 11.2. The van der Waals surface area contributed by atoms with E-state index in [9.17, 15) is 0 Å². The molecule has 0 aliphatic carbocycles. The average molecular weight is 419 g/mol. The van der Waals surface area contributed by atoms with E-state index in [0.717, 1.165) is 48.1 Å². The maximum atomic E-state index is 4.55. The summed E-state index contributed by atoms with van der Waals surface area (Å²) in [6, 6.07) is 8.08. The Bertz CT molecular complexity index is 536. The number of aromatic amines is 1. The molecule has 0 fully saturated rings. The van der Waals surface area contributed by atoms with Crippen LogP contribution in [0, 0.1) is 0 Å². The number of aromatic nitrogens is 2. The van der Waals surface area contributed by atoms with E-state index in [0.29, 0.717) is 0 Å². The van der Waals surface area contributed by atoms with E-state index >= 15 is 0 Å². The molecule has 0 atom stereocenters. The van der Waals surface area contributed by atoms with Crippen molar-refractivity contribution in [2.45, 2.75) is 6.42 Å². The van der Waals surface area contributed by atoms with Gasteiger partial charge in [0.25, 0.3) is 0 Å². The minimum atomic E-state index is 0. The Morgan fingerprint density at radius 2 is 2.05 bits per heavy atom. The lowest BCUT2D eigenvalue weighted by Crippen LogP contribution is -2.39. The molecule has 1 heterocycles. The number of fused-ring (bicyclic) bond motifs is 1. The smallest absolute Gasteiger partial charge is 0.191 e. The fourth-order valence-electron chi connectivity index (χ4n) is 1.92. The number of guanidine groups is 1. The maximum Gasteiger partial charge on any atom is 0.191 e. The molecule has 7 heteroatoms. The Labute approximate surface area is 146 Å². The van der Waals surface area contributed by atoms with Gasteiger partial charge < -0.3 is 15.6 Å². The van der Waals surface area contributed by atoms with Gasteiger partial charge in [0.1, 0.15) is 5.82 Å². The number of imidazole rings is 1. The molecule has 116 valence electrons. The largest absolute Gasteiger partial charge is 0.356 e. The van der Waals surface area contributed by atoms with E-state index in [1.807, 2.05) is 36.0 Å². The molecule has 2 aromatic rings. The van der Waals surface area contributed by atoms with E-state index in [-0.39, 0.29) is 24.0 Å². The van der Waals surface area contributed by atoms with Crippen molar-refractivity contribution in [1.29, 1.82) is 0 Å². The molecule has 0 amide bonds. The quantitative estimate of drug-likeness (QED) is 0.291. The second-order valence-electron chi connectivity index (χ2n) is 4.37. The van der Waals surface area contributed by atoms with Crippen molar-refractivity contribution in [2.75, 3.05) is 32.1 Å². The summed E-state index contributed by atoms with van der Waals surface area (Å²) >= 11 is 1.82. The van der Waals surface area contributed by atoms with Gasteiger partial charge in [0.2, 0.25) is 0 Å². The van der Waals surface area contributed by atoms with Crippen LogP contribution in [0.4, 0.5) is 0 Å². The van der Waals surface area contributed by atoms with E-state index < -0.39 is 0 Å². The zero-order chi connectivity index (χ0) is 14.2. The van der Waals surface area contributed by atoms with Crippen LogP contribution in [0.15, 0.2) is 29.3 Å². The highest BCUT2D eigenvalue weighted by molar-refractivity contribution is 14.0. The third-order valence-electron chi connectivity index (χ3n) is 2.91. The van der Waals surface area contributed by atoms with Crippen LogP contribution in [0.3, 0.4) is 0 Å². The summed E-state index contributed by atoms with van der Waals surface area (Å²) in [7, 11) is 1.79. The Balaban J connectivity index is 0.00000220. The summed E-state index contributed by atoms with van der Waals surface area (Å²) in [6.45, 7) is 1.73.